The highest BCUT2D eigenvalue weighted by Crippen LogP contribution is 2.38. The Labute approximate surface area is 138 Å². The number of nitrogens with one attached hydrogen (secondary N) is 1. The number of carbonyl (C=O) groups excluding carboxylic acids is 2. The Balaban J connectivity index is 1.82. The summed E-state index contributed by atoms with van der Waals surface area (Å²) in [4.78, 5) is 25.7. The maximum Gasteiger partial charge on any atom is 0.226 e. The maximum absolute atomic E-state index is 12.3. The molecule has 0 unspecified atom stereocenters. The van der Waals surface area contributed by atoms with Gasteiger partial charge in [0.1, 0.15) is 5.78 Å². The fourth-order valence-electron chi connectivity index (χ4n) is 3.91. The number of para-hydroxylation sites is 1. The number of nitrogens with zero attached hydrogens (tertiary/aromatic N) is 1. The SMILES string of the molecule is CCC(=O)N1c2ccccc2[C@H](NC2CCC(=O)CC2)C[C@@H]1C. The lowest BCUT2D eigenvalue weighted by Gasteiger charge is -2.41. The Morgan fingerprint density at radius 2 is 1.96 bits per heavy atom. The van der Waals surface area contributed by atoms with Crippen molar-refractivity contribution in [3.05, 3.63) is 29.8 Å². The van der Waals surface area contributed by atoms with Crippen molar-refractivity contribution < 1.29 is 9.59 Å². The van der Waals surface area contributed by atoms with Crippen LogP contribution in [0.1, 0.15) is 64.0 Å². The number of benzene rings is 1. The first-order valence-corrected chi connectivity index (χ1v) is 8.79. The van der Waals surface area contributed by atoms with Crippen LogP contribution in [0.25, 0.3) is 0 Å². The number of fused-ring (bicyclic) bond motifs is 1. The monoisotopic (exact) mass is 314 g/mol. The first kappa shape index (κ1) is 16.2. The van der Waals surface area contributed by atoms with Crippen LogP contribution >= 0.6 is 0 Å². The van der Waals surface area contributed by atoms with Crippen molar-refractivity contribution in [1.82, 2.24) is 5.32 Å². The maximum atomic E-state index is 12.3. The first-order chi connectivity index (χ1) is 11.1. The molecule has 1 N–H and O–H groups in total. The predicted octanol–water partition coefficient (Wildman–Crippen LogP) is 3.36. The second kappa shape index (κ2) is 6.83. The van der Waals surface area contributed by atoms with Crippen molar-refractivity contribution in [3.8, 4) is 0 Å². The van der Waals surface area contributed by atoms with Crippen LogP contribution in [0, 0.1) is 0 Å². The summed E-state index contributed by atoms with van der Waals surface area (Å²) >= 11 is 0. The Morgan fingerprint density at radius 1 is 1.26 bits per heavy atom. The van der Waals surface area contributed by atoms with Gasteiger partial charge in [-0.15, -0.1) is 0 Å². The summed E-state index contributed by atoms with van der Waals surface area (Å²) in [6.45, 7) is 4.05. The summed E-state index contributed by atoms with van der Waals surface area (Å²) in [6, 6.07) is 9.10. The Hall–Kier alpha value is -1.68. The largest absolute Gasteiger partial charge is 0.309 e. The Morgan fingerprint density at radius 3 is 2.65 bits per heavy atom. The van der Waals surface area contributed by atoms with E-state index < -0.39 is 0 Å². The van der Waals surface area contributed by atoms with E-state index in [9.17, 15) is 9.59 Å². The first-order valence-electron chi connectivity index (χ1n) is 8.79. The van der Waals surface area contributed by atoms with E-state index in [0.29, 0.717) is 31.1 Å². The number of hydrogen-bond donors (Lipinski definition) is 1. The molecule has 1 aliphatic heterocycles. The molecule has 1 saturated carbocycles. The summed E-state index contributed by atoms with van der Waals surface area (Å²) in [7, 11) is 0. The van der Waals surface area contributed by atoms with Crippen LogP contribution in [0.5, 0.6) is 0 Å². The van der Waals surface area contributed by atoms with Gasteiger partial charge in [-0.1, -0.05) is 25.1 Å². The fourth-order valence-corrected chi connectivity index (χ4v) is 3.91. The number of anilines is 1. The van der Waals surface area contributed by atoms with Gasteiger partial charge in [0, 0.05) is 43.1 Å². The molecule has 124 valence electrons. The third-order valence-corrected chi connectivity index (χ3v) is 5.14. The van der Waals surface area contributed by atoms with Crippen molar-refractivity contribution in [2.24, 2.45) is 0 Å². The van der Waals surface area contributed by atoms with Gasteiger partial charge >= 0.3 is 0 Å². The van der Waals surface area contributed by atoms with Crippen LogP contribution in [-0.2, 0) is 9.59 Å². The summed E-state index contributed by atoms with van der Waals surface area (Å²) in [5, 5.41) is 3.75. The Bertz CT molecular complexity index is 589. The van der Waals surface area contributed by atoms with Gasteiger partial charge in [-0.25, -0.2) is 0 Å². The number of Topliss-reactive ketones (excluding diaryl/α,β-unsaturated/α-hetero) is 1. The fraction of sp³-hybridized carbons (Fsp3) is 0.579. The van der Waals surface area contributed by atoms with E-state index in [1.54, 1.807) is 0 Å². The second-order valence-corrected chi connectivity index (χ2v) is 6.79. The standard InChI is InChI=1S/C19H26N2O2/c1-3-19(23)21-13(2)12-17(16-6-4-5-7-18(16)21)20-14-8-10-15(22)11-9-14/h4-7,13-14,17,20H,3,8-12H2,1-2H3/t13-,17+/m0/s1. The zero-order chi connectivity index (χ0) is 16.4. The van der Waals surface area contributed by atoms with E-state index in [0.717, 1.165) is 24.9 Å². The molecule has 0 bridgehead atoms. The minimum absolute atomic E-state index is 0.187. The quantitative estimate of drug-likeness (QED) is 0.930. The molecule has 4 nitrogen and oxygen atoms in total. The number of ketones is 1. The van der Waals surface area contributed by atoms with Crippen molar-refractivity contribution in [1.29, 1.82) is 0 Å². The zero-order valence-corrected chi connectivity index (χ0v) is 14.0. The van der Waals surface area contributed by atoms with E-state index >= 15 is 0 Å². The van der Waals surface area contributed by atoms with Gasteiger partial charge in [0.15, 0.2) is 0 Å². The van der Waals surface area contributed by atoms with E-state index in [1.807, 2.05) is 24.0 Å². The van der Waals surface area contributed by atoms with Crippen LogP contribution in [0.15, 0.2) is 24.3 Å². The van der Waals surface area contributed by atoms with Crippen molar-refractivity contribution in [3.63, 3.8) is 0 Å². The zero-order valence-electron chi connectivity index (χ0n) is 14.0. The van der Waals surface area contributed by atoms with Gasteiger partial charge in [-0.3, -0.25) is 9.59 Å². The highest BCUT2D eigenvalue weighted by molar-refractivity contribution is 5.95. The smallest absolute Gasteiger partial charge is 0.226 e. The Kier molecular flexibility index (Phi) is 4.81. The lowest BCUT2D eigenvalue weighted by Crippen LogP contribution is -2.47. The van der Waals surface area contributed by atoms with E-state index in [-0.39, 0.29) is 18.0 Å². The number of amides is 1. The van der Waals surface area contributed by atoms with Crippen LogP contribution in [-0.4, -0.2) is 23.8 Å². The van der Waals surface area contributed by atoms with Crippen LogP contribution in [0.2, 0.25) is 0 Å². The van der Waals surface area contributed by atoms with Gasteiger partial charge < -0.3 is 10.2 Å². The molecule has 3 rings (SSSR count). The molecule has 2 atom stereocenters. The molecule has 1 aliphatic carbocycles. The molecule has 1 aromatic carbocycles. The van der Waals surface area contributed by atoms with E-state index in [1.165, 1.54) is 5.56 Å². The van der Waals surface area contributed by atoms with Gasteiger partial charge in [-0.2, -0.15) is 0 Å². The minimum atomic E-state index is 0.187. The topological polar surface area (TPSA) is 49.4 Å². The molecule has 1 aromatic rings. The molecular weight excluding hydrogens is 288 g/mol. The third kappa shape index (κ3) is 3.32. The minimum Gasteiger partial charge on any atom is -0.309 e. The summed E-state index contributed by atoms with van der Waals surface area (Å²) in [5.74, 6) is 0.576. The lowest BCUT2D eigenvalue weighted by molar-refractivity contribution is -0.121. The van der Waals surface area contributed by atoms with Gasteiger partial charge in [0.25, 0.3) is 0 Å². The molecule has 1 amide bonds. The second-order valence-electron chi connectivity index (χ2n) is 6.79. The molecule has 4 heteroatoms. The van der Waals surface area contributed by atoms with Crippen LogP contribution in [0.4, 0.5) is 5.69 Å². The highest BCUT2D eigenvalue weighted by Gasteiger charge is 2.34. The van der Waals surface area contributed by atoms with Crippen molar-refractivity contribution in [2.75, 3.05) is 4.90 Å². The number of carbonyl (C=O) groups is 2. The van der Waals surface area contributed by atoms with Gasteiger partial charge in [0.2, 0.25) is 5.91 Å². The third-order valence-electron chi connectivity index (χ3n) is 5.14. The predicted molar refractivity (Wildman–Crippen MR) is 91.4 cm³/mol. The lowest BCUT2D eigenvalue weighted by atomic mass is 9.88. The molecule has 2 aliphatic rings. The molecule has 0 spiro atoms. The molecular formula is C19H26N2O2. The molecule has 1 fully saturated rings. The average Bonchev–Trinajstić information content (AvgIpc) is 2.56. The molecule has 1 heterocycles. The molecule has 23 heavy (non-hydrogen) atoms. The summed E-state index contributed by atoms with van der Waals surface area (Å²) in [5.41, 5.74) is 2.26. The molecule has 0 saturated heterocycles. The van der Waals surface area contributed by atoms with Gasteiger partial charge in [-0.05, 0) is 37.8 Å². The summed E-state index contributed by atoms with van der Waals surface area (Å²) < 4.78 is 0. The summed E-state index contributed by atoms with van der Waals surface area (Å²) in [6.07, 6.45) is 4.71. The molecule has 0 aromatic heterocycles. The van der Waals surface area contributed by atoms with Gasteiger partial charge in [0.05, 0.1) is 0 Å². The highest BCUT2D eigenvalue weighted by atomic mass is 16.2. The normalized spacial score (nSPS) is 25.3. The average molecular weight is 314 g/mol. The van der Waals surface area contributed by atoms with Crippen LogP contribution in [0.3, 0.4) is 0 Å². The van der Waals surface area contributed by atoms with Crippen molar-refractivity contribution in [2.45, 2.75) is 70.5 Å². The van der Waals surface area contributed by atoms with Crippen LogP contribution < -0.4 is 10.2 Å². The molecule has 0 radical (unpaired) electrons. The number of rotatable bonds is 3. The van der Waals surface area contributed by atoms with E-state index in [2.05, 4.69) is 24.4 Å². The number of hydrogen-bond acceptors (Lipinski definition) is 3. The van der Waals surface area contributed by atoms with Crippen molar-refractivity contribution >= 4 is 17.4 Å². The van der Waals surface area contributed by atoms with E-state index in [4.69, 9.17) is 0 Å².